The molecule has 29 heavy (non-hydrogen) atoms. The molecule has 1 aliphatic heterocycles. The number of hydrogen-bond acceptors (Lipinski definition) is 7. The molecule has 0 bridgehead atoms. The molecule has 10 heteroatoms. The number of carbonyl (C=O) groups excluding carboxylic acids is 2. The lowest BCUT2D eigenvalue weighted by Gasteiger charge is -2.36. The Morgan fingerprint density at radius 3 is 2.41 bits per heavy atom. The Hall–Kier alpha value is -2.48. The van der Waals surface area contributed by atoms with Gasteiger partial charge in [0.25, 0.3) is 5.91 Å². The van der Waals surface area contributed by atoms with Gasteiger partial charge in [0.1, 0.15) is 0 Å². The van der Waals surface area contributed by atoms with E-state index in [4.69, 9.17) is 14.7 Å². The normalized spacial score (nSPS) is 20.6. The van der Waals surface area contributed by atoms with E-state index >= 15 is 0 Å². The zero-order valence-electron chi connectivity index (χ0n) is 16.6. The first kappa shape index (κ1) is 22.8. The minimum atomic E-state index is -3.76. The Balaban J connectivity index is 1.98. The van der Waals surface area contributed by atoms with Gasteiger partial charge in [-0.15, -0.1) is 0 Å². The Morgan fingerprint density at radius 1 is 1.28 bits per heavy atom. The van der Waals surface area contributed by atoms with Crippen LogP contribution in [0, 0.1) is 11.3 Å². The zero-order valence-corrected chi connectivity index (χ0v) is 17.4. The van der Waals surface area contributed by atoms with Crippen molar-refractivity contribution in [3.63, 3.8) is 0 Å². The summed E-state index contributed by atoms with van der Waals surface area (Å²) in [6, 6.07) is 7.01. The van der Waals surface area contributed by atoms with Crippen LogP contribution in [0.5, 0.6) is 0 Å². The van der Waals surface area contributed by atoms with E-state index in [0.29, 0.717) is 13.1 Å². The van der Waals surface area contributed by atoms with Gasteiger partial charge < -0.3 is 14.4 Å². The van der Waals surface area contributed by atoms with Gasteiger partial charge in [0.05, 0.1) is 28.7 Å². The van der Waals surface area contributed by atoms with Crippen molar-refractivity contribution in [1.82, 2.24) is 9.62 Å². The summed E-state index contributed by atoms with van der Waals surface area (Å²) in [5.74, 6) is -1.03. The molecule has 1 saturated heterocycles. The molecule has 1 amide bonds. The molecular weight excluding hydrogens is 398 g/mol. The van der Waals surface area contributed by atoms with E-state index in [-0.39, 0.29) is 41.5 Å². The standard InChI is InChI=1S/C19H25N3O6S/c1-13-11-22(12-14(2)27-13)18(23)15(3)28-19(24)16-5-7-17(8-6-16)29(25,26)21-10-4-9-20/h5-8,13-15,21H,4,10-12H2,1-3H3. The first-order valence-corrected chi connectivity index (χ1v) is 10.7. The maximum atomic E-state index is 12.5. The molecular formula is C19H25N3O6S. The molecule has 1 aromatic carbocycles. The van der Waals surface area contributed by atoms with Gasteiger partial charge in [0, 0.05) is 26.1 Å². The molecule has 0 aromatic heterocycles. The molecule has 2 rings (SSSR count). The Bertz CT molecular complexity index is 868. The van der Waals surface area contributed by atoms with Crippen LogP contribution >= 0.6 is 0 Å². The van der Waals surface area contributed by atoms with E-state index in [2.05, 4.69) is 4.72 Å². The number of sulfonamides is 1. The van der Waals surface area contributed by atoms with E-state index in [9.17, 15) is 18.0 Å². The zero-order chi connectivity index (χ0) is 21.6. The lowest BCUT2D eigenvalue weighted by molar-refractivity contribution is -0.151. The van der Waals surface area contributed by atoms with Crippen molar-refractivity contribution < 1.29 is 27.5 Å². The molecule has 0 radical (unpaired) electrons. The monoisotopic (exact) mass is 423 g/mol. The summed E-state index contributed by atoms with van der Waals surface area (Å²) in [5.41, 5.74) is 0.129. The van der Waals surface area contributed by atoms with Crippen molar-refractivity contribution in [2.75, 3.05) is 19.6 Å². The highest BCUT2D eigenvalue weighted by atomic mass is 32.2. The molecule has 158 valence electrons. The van der Waals surface area contributed by atoms with Crippen molar-refractivity contribution in [2.24, 2.45) is 0 Å². The van der Waals surface area contributed by atoms with Gasteiger partial charge in [-0.3, -0.25) is 4.79 Å². The number of hydrogen-bond donors (Lipinski definition) is 1. The first-order chi connectivity index (χ1) is 13.6. The van der Waals surface area contributed by atoms with E-state index in [1.165, 1.54) is 31.2 Å². The number of amides is 1. The molecule has 1 fully saturated rings. The van der Waals surface area contributed by atoms with Crippen LogP contribution in [-0.4, -0.2) is 63.1 Å². The summed E-state index contributed by atoms with van der Waals surface area (Å²) in [7, 11) is -3.76. The third-order valence-electron chi connectivity index (χ3n) is 4.29. The number of morpholine rings is 1. The summed E-state index contributed by atoms with van der Waals surface area (Å²) < 4.78 is 37.3. The molecule has 1 aliphatic rings. The van der Waals surface area contributed by atoms with Crippen LogP contribution in [-0.2, 0) is 24.3 Å². The average molecular weight is 423 g/mol. The number of nitrogens with zero attached hydrogens (tertiary/aromatic N) is 2. The summed E-state index contributed by atoms with van der Waals surface area (Å²) in [6.07, 6.45) is -1.12. The number of benzene rings is 1. The lowest BCUT2D eigenvalue weighted by atomic mass is 10.2. The maximum absolute atomic E-state index is 12.5. The highest BCUT2D eigenvalue weighted by Crippen LogP contribution is 2.15. The van der Waals surface area contributed by atoms with Crippen LogP contribution in [0.1, 0.15) is 37.6 Å². The minimum Gasteiger partial charge on any atom is -0.449 e. The van der Waals surface area contributed by atoms with E-state index in [0.717, 1.165) is 0 Å². The highest BCUT2D eigenvalue weighted by molar-refractivity contribution is 7.89. The van der Waals surface area contributed by atoms with Gasteiger partial charge in [0.2, 0.25) is 10.0 Å². The topological polar surface area (TPSA) is 126 Å². The molecule has 1 heterocycles. The van der Waals surface area contributed by atoms with Crippen LogP contribution in [0.4, 0.5) is 0 Å². The van der Waals surface area contributed by atoms with Crippen molar-refractivity contribution in [3.8, 4) is 6.07 Å². The summed E-state index contributed by atoms with van der Waals surface area (Å²) in [5, 5.41) is 8.48. The van der Waals surface area contributed by atoms with E-state index < -0.39 is 22.1 Å². The van der Waals surface area contributed by atoms with Gasteiger partial charge in [-0.05, 0) is 45.0 Å². The first-order valence-electron chi connectivity index (χ1n) is 9.26. The summed E-state index contributed by atoms with van der Waals surface area (Å²) in [6.45, 7) is 6.10. The smallest absolute Gasteiger partial charge is 0.338 e. The number of nitrogens with one attached hydrogen (secondary N) is 1. The van der Waals surface area contributed by atoms with Gasteiger partial charge >= 0.3 is 5.97 Å². The number of ether oxygens (including phenoxy) is 2. The van der Waals surface area contributed by atoms with Crippen LogP contribution in [0.25, 0.3) is 0 Å². The largest absolute Gasteiger partial charge is 0.449 e. The lowest BCUT2D eigenvalue weighted by Crippen LogP contribution is -2.51. The van der Waals surface area contributed by atoms with Crippen molar-refractivity contribution in [1.29, 1.82) is 5.26 Å². The second-order valence-corrected chi connectivity index (χ2v) is 8.65. The van der Waals surface area contributed by atoms with Gasteiger partial charge in [-0.2, -0.15) is 5.26 Å². The summed E-state index contributed by atoms with van der Waals surface area (Å²) >= 11 is 0. The number of rotatable bonds is 7. The number of esters is 1. The molecule has 0 spiro atoms. The second-order valence-electron chi connectivity index (χ2n) is 6.88. The highest BCUT2D eigenvalue weighted by Gasteiger charge is 2.30. The van der Waals surface area contributed by atoms with Crippen LogP contribution < -0.4 is 4.72 Å². The van der Waals surface area contributed by atoms with E-state index in [1.807, 2.05) is 19.9 Å². The fourth-order valence-electron chi connectivity index (χ4n) is 2.99. The molecule has 1 aromatic rings. The molecule has 3 unspecified atom stereocenters. The van der Waals surface area contributed by atoms with Crippen LogP contribution in [0.3, 0.4) is 0 Å². The fraction of sp³-hybridized carbons (Fsp3) is 0.526. The number of nitriles is 1. The predicted octanol–water partition coefficient (Wildman–Crippen LogP) is 1.06. The Morgan fingerprint density at radius 2 is 1.86 bits per heavy atom. The van der Waals surface area contributed by atoms with Gasteiger partial charge in [-0.1, -0.05) is 0 Å². The third-order valence-corrected chi connectivity index (χ3v) is 5.77. The fourth-order valence-corrected chi connectivity index (χ4v) is 4.02. The SMILES string of the molecule is CC1CN(C(=O)C(C)OC(=O)c2ccc(S(=O)(=O)NCCC#N)cc2)CC(C)O1. The van der Waals surface area contributed by atoms with Crippen molar-refractivity contribution in [3.05, 3.63) is 29.8 Å². The third kappa shape index (κ3) is 6.25. The van der Waals surface area contributed by atoms with Gasteiger partial charge in [-0.25, -0.2) is 17.9 Å². The minimum absolute atomic E-state index is 0.00102. The predicted molar refractivity (Wildman–Crippen MR) is 103 cm³/mol. The molecule has 0 aliphatic carbocycles. The molecule has 0 saturated carbocycles. The average Bonchev–Trinajstić information content (AvgIpc) is 2.66. The quantitative estimate of drug-likeness (QED) is 0.513. The molecule has 3 atom stereocenters. The Labute approximate surface area is 170 Å². The van der Waals surface area contributed by atoms with Crippen molar-refractivity contribution >= 4 is 21.9 Å². The van der Waals surface area contributed by atoms with Crippen LogP contribution in [0.2, 0.25) is 0 Å². The summed E-state index contributed by atoms with van der Waals surface area (Å²) in [4.78, 5) is 26.4. The van der Waals surface area contributed by atoms with Gasteiger partial charge in [0.15, 0.2) is 6.10 Å². The van der Waals surface area contributed by atoms with Crippen LogP contribution in [0.15, 0.2) is 29.2 Å². The molecule has 9 nitrogen and oxygen atoms in total. The Kier molecular flexibility index (Phi) is 7.73. The van der Waals surface area contributed by atoms with E-state index in [1.54, 1.807) is 4.90 Å². The maximum Gasteiger partial charge on any atom is 0.338 e. The molecule has 1 N–H and O–H groups in total. The van der Waals surface area contributed by atoms with Crippen molar-refractivity contribution in [2.45, 2.75) is 50.4 Å². The number of carbonyl (C=O) groups is 2. The second kappa shape index (κ2) is 9.82.